The third-order valence-electron chi connectivity index (χ3n) is 4.40. The minimum Gasteiger partial charge on any atom is -0.370 e. The van der Waals surface area contributed by atoms with Crippen molar-refractivity contribution in [3.63, 3.8) is 0 Å². The maximum atomic E-state index is 10.5. The molecule has 0 spiro atoms. The summed E-state index contributed by atoms with van der Waals surface area (Å²) in [6.07, 6.45) is 2.38. The number of nitrogens with one attached hydrogen (secondary N) is 2. The summed E-state index contributed by atoms with van der Waals surface area (Å²) in [5, 5.41) is 3.40. The molecule has 3 rings (SSSR count). The number of benzene rings is 1. The van der Waals surface area contributed by atoms with E-state index in [1.807, 2.05) is 6.07 Å². The summed E-state index contributed by atoms with van der Waals surface area (Å²) >= 11 is 0. The predicted octanol–water partition coefficient (Wildman–Crippen LogP) is -0.0808. The Labute approximate surface area is 120 Å². The van der Waals surface area contributed by atoms with E-state index in [1.54, 1.807) is 0 Å². The molecule has 2 heterocycles. The predicted molar refractivity (Wildman–Crippen MR) is 78.8 cm³/mol. The van der Waals surface area contributed by atoms with Crippen LogP contribution in [0.3, 0.4) is 0 Å². The molecule has 108 valence electrons. The lowest BCUT2D eigenvalue weighted by molar-refractivity contribution is -0.819. The van der Waals surface area contributed by atoms with Crippen LogP contribution in [0.25, 0.3) is 0 Å². The fourth-order valence-electron chi connectivity index (χ4n) is 3.15. The second kappa shape index (κ2) is 6.48. The van der Waals surface area contributed by atoms with E-state index in [0.717, 1.165) is 49.9 Å². The van der Waals surface area contributed by atoms with E-state index in [9.17, 15) is 4.79 Å². The molecule has 2 fully saturated rings. The zero-order valence-corrected chi connectivity index (χ0v) is 11.9. The smallest absolute Gasteiger partial charge is 0.370 e. The molecule has 0 bridgehead atoms. The van der Waals surface area contributed by atoms with Gasteiger partial charge in [0.2, 0.25) is 0 Å². The van der Waals surface area contributed by atoms with Crippen LogP contribution in [0.15, 0.2) is 24.3 Å². The van der Waals surface area contributed by atoms with Gasteiger partial charge >= 0.3 is 5.91 Å². The van der Waals surface area contributed by atoms with E-state index in [1.165, 1.54) is 18.4 Å². The van der Waals surface area contributed by atoms with Crippen molar-refractivity contribution >= 4 is 5.91 Å². The first-order chi connectivity index (χ1) is 9.84. The van der Waals surface area contributed by atoms with Gasteiger partial charge in [-0.25, -0.2) is 9.69 Å². The van der Waals surface area contributed by atoms with Gasteiger partial charge in [-0.15, -0.1) is 0 Å². The van der Waals surface area contributed by atoms with Crippen molar-refractivity contribution in [1.29, 1.82) is 0 Å². The van der Waals surface area contributed by atoms with Gasteiger partial charge in [-0.2, -0.15) is 0 Å². The maximum absolute atomic E-state index is 10.5. The lowest BCUT2D eigenvalue weighted by atomic mass is 9.89. The highest BCUT2D eigenvalue weighted by Gasteiger charge is 2.30. The molecule has 2 aliphatic heterocycles. The Morgan fingerprint density at radius 3 is 2.70 bits per heavy atom. The molecule has 1 aromatic carbocycles. The third-order valence-corrected chi connectivity index (χ3v) is 4.40. The normalized spacial score (nSPS) is 21.8. The number of ether oxygens (including phenoxy) is 1. The molecule has 20 heavy (non-hydrogen) atoms. The molecule has 1 amide bonds. The van der Waals surface area contributed by atoms with Crippen molar-refractivity contribution < 1.29 is 14.4 Å². The monoisotopic (exact) mass is 276 g/mol. The van der Waals surface area contributed by atoms with E-state index in [4.69, 9.17) is 4.74 Å². The maximum Gasteiger partial charge on any atom is 0.513 e. The second-order valence-electron chi connectivity index (χ2n) is 5.71. The Morgan fingerprint density at radius 2 is 1.95 bits per heavy atom. The molecule has 0 aliphatic carbocycles. The van der Waals surface area contributed by atoms with Gasteiger partial charge in [0.25, 0.3) is 0 Å². The summed E-state index contributed by atoms with van der Waals surface area (Å²) < 4.78 is 5.35. The molecule has 2 saturated heterocycles. The van der Waals surface area contributed by atoms with Crippen LogP contribution in [0.2, 0.25) is 0 Å². The van der Waals surface area contributed by atoms with Crippen molar-refractivity contribution in [1.82, 2.24) is 5.32 Å². The van der Waals surface area contributed by atoms with Crippen LogP contribution in [0, 0.1) is 0 Å². The Hall–Kier alpha value is -1.23. The molecule has 0 atom stereocenters. The number of hydrogen-bond donors (Lipinski definition) is 2. The Bertz CT molecular complexity index is 463. The zero-order chi connectivity index (χ0) is 13.8. The standard InChI is InChI=1S/C16H22N2O2/c19-16(18-8-10-20-11-9-18)15-3-1-2-14(12-15)13-4-6-17-7-5-13/h1-3,12-13,17H,4-11H2/p+2. The minimum atomic E-state index is 0.476. The lowest BCUT2D eigenvalue weighted by Crippen LogP contribution is -3.16. The summed E-state index contributed by atoms with van der Waals surface area (Å²) in [5.41, 5.74) is 2.33. The third kappa shape index (κ3) is 3.08. The summed E-state index contributed by atoms with van der Waals surface area (Å²) in [7, 11) is 0. The first kappa shape index (κ1) is 13.7. The van der Waals surface area contributed by atoms with Crippen LogP contribution in [-0.2, 0) is 4.74 Å². The summed E-state index contributed by atoms with van der Waals surface area (Å²) in [6, 6.07) is 8.46. The van der Waals surface area contributed by atoms with E-state index < -0.39 is 0 Å². The molecular formula is C16H24N2O2+2. The highest BCUT2D eigenvalue weighted by Crippen LogP contribution is 2.25. The van der Waals surface area contributed by atoms with Crippen LogP contribution < -0.4 is 10.2 Å². The fourth-order valence-corrected chi connectivity index (χ4v) is 3.15. The van der Waals surface area contributed by atoms with Gasteiger partial charge in [-0.05, 0) is 49.5 Å². The van der Waals surface area contributed by atoms with Gasteiger partial charge < -0.3 is 10.1 Å². The van der Waals surface area contributed by atoms with Gasteiger partial charge in [-0.3, -0.25) is 0 Å². The van der Waals surface area contributed by atoms with E-state index in [2.05, 4.69) is 23.5 Å². The van der Waals surface area contributed by atoms with E-state index >= 15 is 0 Å². The van der Waals surface area contributed by atoms with Gasteiger partial charge in [0.05, 0.1) is 13.2 Å². The SMILES string of the molecule is [OH+]=C(c1cccc(C2CCNCC2)c1)[NH+]1CCOCC1. The van der Waals surface area contributed by atoms with E-state index in [-0.39, 0.29) is 0 Å². The highest BCUT2D eigenvalue weighted by atomic mass is 16.5. The Kier molecular flexibility index (Phi) is 4.45. The van der Waals surface area contributed by atoms with Crippen LogP contribution in [0.1, 0.15) is 29.9 Å². The van der Waals surface area contributed by atoms with Crippen molar-refractivity contribution in [3.8, 4) is 0 Å². The molecule has 3 N–H and O–H groups in total. The molecular weight excluding hydrogens is 252 g/mol. The topological polar surface area (TPSA) is 47.1 Å². The molecule has 4 nitrogen and oxygen atoms in total. The first-order valence-corrected chi connectivity index (χ1v) is 7.64. The first-order valence-electron chi connectivity index (χ1n) is 7.64. The number of rotatable bonds is 2. The van der Waals surface area contributed by atoms with E-state index in [0.29, 0.717) is 11.8 Å². The average Bonchev–Trinajstić information content (AvgIpc) is 2.56. The molecule has 4 heteroatoms. The molecule has 0 unspecified atom stereocenters. The number of carbonyl (C=O) groups excluding carboxylic acids is 1. The minimum absolute atomic E-state index is 0.476. The fraction of sp³-hybridized carbons (Fsp3) is 0.562. The molecule has 1 aromatic rings. The number of piperidine rings is 1. The molecule has 0 saturated carbocycles. The number of hydrogen-bond acceptors (Lipinski definition) is 2. The molecule has 0 radical (unpaired) electrons. The van der Waals surface area contributed by atoms with Gasteiger partial charge in [0, 0.05) is 0 Å². The average molecular weight is 276 g/mol. The van der Waals surface area contributed by atoms with Crippen molar-refractivity contribution in [2.75, 3.05) is 39.4 Å². The van der Waals surface area contributed by atoms with Crippen molar-refractivity contribution in [2.24, 2.45) is 0 Å². The molecule has 0 aromatic heterocycles. The number of quaternary nitrogens is 1. The van der Waals surface area contributed by atoms with Crippen LogP contribution in [0.5, 0.6) is 0 Å². The molecule has 2 aliphatic rings. The van der Waals surface area contributed by atoms with Gasteiger partial charge in [0.15, 0.2) is 0 Å². The van der Waals surface area contributed by atoms with Crippen LogP contribution in [-0.4, -0.2) is 50.1 Å². The second-order valence-corrected chi connectivity index (χ2v) is 5.71. The highest BCUT2D eigenvalue weighted by molar-refractivity contribution is 5.88. The summed E-state index contributed by atoms with van der Waals surface area (Å²) in [6.45, 7) is 5.35. The van der Waals surface area contributed by atoms with Crippen LogP contribution in [0.4, 0.5) is 0 Å². The van der Waals surface area contributed by atoms with Gasteiger partial charge in [-0.1, -0.05) is 12.1 Å². The summed E-state index contributed by atoms with van der Waals surface area (Å²) in [4.78, 5) is 11.6. The zero-order valence-electron chi connectivity index (χ0n) is 11.9. The van der Waals surface area contributed by atoms with Gasteiger partial charge in [0.1, 0.15) is 18.7 Å². The largest absolute Gasteiger partial charge is 0.513 e. The van der Waals surface area contributed by atoms with Crippen LogP contribution >= 0.6 is 0 Å². The summed E-state index contributed by atoms with van der Waals surface area (Å²) in [5.74, 6) is 1.10. The number of morpholine rings is 1. The Balaban J connectivity index is 1.74. The van der Waals surface area contributed by atoms with Crippen molar-refractivity contribution in [3.05, 3.63) is 35.4 Å². The number of amides is 1. The Morgan fingerprint density at radius 1 is 1.20 bits per heavy atom. The lowest BCUT2D eigenvalue weighted by Gasteiger charge is -2.23. The van der Waals surface area contributed by atoms with Crippen molar-refractivity contribution in [2.45, 2.75) is 18.8 Å². The quantitative estimate of drug-likeness (QED) is 0.742.